The molecule has 19 heavy (non-hydrogen) atoms. The fourth-order valence-electron chi connectivity index (χ4n) is 1.46. The van der Waals surface area contributed by atoms with Crippen LogP contribution in [0.4, 0.5) is 0 Å². The highest BCUT2D eigenvalue weighted by atomic mass is 79.9. The third kappa shape index (κ3) is 3.51. The molecule has 1 aliphatic rings. The zero-order valence-electron chi connectivity index (χ0n) is 10.1. The van der Waals surface area contributed by atoms with Crippen LogP contribution in [-0.4, -0.2) is 23.2 Å². The van der Waals surface area contributed by atoms with Crippen molar-refractivity contribution in [1.29, 1.82) is 0 Å². The molecule has 0 aromatic heterocycles. The molecule has 1 aliphatic heterocycles. The van der Waals surface area contributed by atoms with Crippen LogP contribution in [0.2, 0.25) is 0 Å². The van der Waals surface area contributed by atoms with Gasteiger partial charge in [0.05, 0.1) is 0 Å². The fourth-order valence-corrected chi connectivity index (χ4v) is 1.58. The van der Waals surface area contributed by atoms with Gasteiger partial charge in [0.2, 0.25) is 0 Å². The molecule has 0 aliphatic carbocycles. The van der Waals surface area contributed by atoms with Gasteiger partial charge >= 0.3 is 11.9 Å². The molecule has 0 saturated carbocycles. The topological polar surface area (TPSA) is 65.0 Å². The Bertz CT molecular complexity index is 575. The maximum atomic E-state index is 11.4. The summed E-state index contributed by atoms with van der Waals surface area (Å²) >= 11 is 3.01. The molecular weight excluding hydrogens is 314 g/mol. The molecule has 1 aromatic rings. The van der Waals surface area contributed by atoms with E-state index in [1.54, 1.807) is 37.3 Å². The Balaban J connectivity index is 2.13. The van der Waals surface area contributed by atoms with Crippen molar-refractivity contribution in [3.05, 3.63) is 35.5 Å². The van der Waals surface area contributed by atoms with Crippen molar-refractivity contribution < 1.29 is 19.1 Å². The average molecular weight is 324 g/mol. The van der Waals surface area contributed by atoms with Gasteiger partial charge in [-0.3, -0.25) is 4.79 Å². The number of halogens is 1. The quantitative estimate of drug-likeness (QED) is 0.370. The molecule has 0 radical (unpaired) electrons. The Kier molecular flexibility index (Phi) is 4.11. The molecule has 0 unspecified atom stereocenters. The lowest BCUT2D eigenvalue weighted by Gasteiger charge is -2.02. The van der Waals surface area contributed by atoms with Crippen molar-refractivity contribution >= 4 is 39.8 Å². The third-order valence-electron chi connectivity index (χ3n) is 2.25. The number of carbonyl (C=O) groups excluding carboxylic acids is 2. The van der Waals surface area contributed by atoms with Crippen molar-refractivity contribution in [2.24, 2.45) is 4.99 Å². The van der Waals surface area contributed by atoms with Gasteiger partial charge in [0.15, 0.2) is 11.6 Å². The number of cyclic esters (lactones) is 1. The minimum atomic E-state index is -0.465. The molecule has 0 saturated heterocycles. The van der Waals surface area contributed by atoms with Crippen LogP contribution in [0.1, 0.15) is 12.5 Å². The highest BCUT2D eigenvalue weighted by Crippen LogP contribution is 2.18. The minimum Gasteiger partial charge on any atom is -0.426 e. The maximum absolute atomic E-state index is 11.4. The van der Waals surface area contributed by atoms with E-state index in [4.69, 9.17) is 9.47 Å². The lowest BCUT2D eigenvalue weighted by atomic mass is 10.2. The number of rotatable bonds is 3. The van der Waals surface area contributed by atoms with Crippen molar-refractivity contribution in [2.45, 2.75) is 6.92 Å². The first kappa shape index (κ1) is 13.5. The summed E-state index contributed by atoms with van der Waals surface area (Å²) in [6, 6.07) is 6.73. The van der Waals surface area contributed by atoms with Gasteiger partial charge in [-0.1, -0.05) is 28.1 Å². The van der Waals surface area contributed by atoms with E-state index in [0.29, 0.717) is 11.6 Å². The number of hydrogen-bond acceptors (Lipinski definition) is 5. The van der Waals surface area contributed by atoms with Gasteiger partial charge in [-0.15, -0.1) is 0 Å². The Morgan fingerprint density at radius 1 is 1.42 bits per heavy atom. The number of aliphatic imine (C=N–C) groups is 1. The first-order valence-corrected chi connectivity index (χ1v) is 6.56. The third-order valence-corrected chi connectivity index (χ3v) is 2.71. The van der Waals surface area contributed by atoms with Gasteiger partial charge in [0.25, 0.3) is 0 Å². The van der Waals surface area contributed by atoms with E-state index >= 15 is 0 Å². The van der Waals surface area contributed by atoms with Gasteiger partial charge in [-0.25, -0.2) is 9.79 Å². The van der Waals surface area contributed by atoms with E-state index in [9.17, 15) is 9.59 Å². The number of nitrogens with zero attached hydrogens (tertiary/aromatic N) is 1. The molecule has 6 heteroatoms. The zero-order chi connectivity index (χ0) is 13.8. The number of hydrogen-bond donors (Lipinski definition) is 0. The molecule has 0 amide bonds. The molecule has 1 heterocycles. The standard InChI is InChI=1S/C13H10BrNO4/c1-8-15-11(13(17)18-8)6-9-2-4-10(5-3-9)19-12(16)7-14/h2-6H,7H2,1H3/b11-6-. The van der Waals surface area contributed by atoms with Gasteiger partial charge in [0, 0.05) is 6.92 Å². The highest BCUT2D eigenvalue weighted by Gasteiger charge is 2.19. The second kappa shape index (κ2) is 5.79. The van der Waals surface area contributed by atoms with Crippen LogP contribution in [0.15, 0.2) is 35.0 Å². The monoisotopic (exact) mass is 323 g/mol. The van der Waals surface area contributed by atoms with Gasteiger partial charge in [-0.2, -0.15) is 0 Å². The van der Waals surface area contributed by atoms with E-state index in [-0.39, 0.29) is 17.0 Å². The van der Waals surface area contributed by atoms with Gasteiger partial charge in [0.1, 0.15) is 11.1 Å². The predicted molar refractivity (Wildman–Crippen MR) is 73.0 cm³/mol. The summed E-state index contributed by atoms with van der Waals surface area (Å²) in [5.41, 5.74) is 1.02. The Hall–Kier alpha value is -1.95. The Morgan fingerprint density at radius 3 is 2.63 bits per heavy atom. The van der Waals surface area contributed by atoms with Gasteiger partial charge in [-0.05, 0) is 23.8 Å². The number of carbonyl (C=O) groups is 2. The van der Waals surface area contributed by atoms with Crippen LogP contribution in [0, 0.1) is 0 Å². The molecule has 0 atom stereocenters. The Labute approximate surface area is 118 Å². The van der Waals surface area contributed by atoms with Crippen LogP contribution in [0.3, 0.4) is 0 Å². The maximum Gasteiger partial charge on any atom is 0.363 e. The molecule has 2 rings (SSSR count). The molecule has 0 N–H and O–H groups in total. The summed E-state index contributed by atoms with van der Waals surface area (Å²) < 4.78 is 9.81. The molecule has 0 spiro atoms. The van der Waals surface area contributed by atoms with Crippen LogP contribution in [0.5, 0.6) is 5.75 Å². The summed E-state index contributed by atoms with van der Waals surface area (Å²) in [4.78, 5) is 26.4. The number of ether oxygens (including phenoxy) is 2. The molecule has 1 aromatic carbocycles. The summed E-state index contributed by atoms with van der Waals surface area (Å²) in [6.45, 7) is 1.61. The van der Waals surface area contributed by atoms with Crippen LogP contribution in [0.25, 0.3) is 6.08 Å². The van der Waals surface area contributed by atoms with Crippen molar-refractivity contribution in [3.8, 4) is 5.75 Å². The highest BCUT2D eigenvalue weighted by molar-refractivity contribution is 9.09. The second-order valence-electron chi connectivity index (χ2n) is 3.73. The summed E-state index contributed by atoms with van der Waals surface area (Å²) in [5, 5.41) is 0.138. The van der Waals surface area contributed by atoms with E-state index < -0.39 is 5.97 Å². The van der Waals surface area contributed by atoms with Crippen LogP contribution in [-0.2, 0) is 14.3 Å². The zero-order valence-corrected chi connectivity index (χ0v) is 11.6. The smallest absolute Gasteiger partial charge is 0.363 e. The van der Waals surface area contributed by atoms with Crippen molar-refractivity contribution in [3.63, 3.8) is 0 Å². The SMILES string of the molecule is CC1=N/C(=C\c2ccc(OC(=O)CBr)cc2)C(=O)O1. The molecule has 0 bridgehead atoms. The first-order chi connectivity index (χ1) is 9.08. The first-order valence-electron chi connectivity index (χ1n) is 5.44. The van der Waals surface area contributed by atoms with Crippen molar-refractivity contribution in [2.75, 3.05) is 5.33 Å². The fraction of sp³-hybridized carbons (Fsp3) is 0.154. The minimum absolute atomic E-state index is 0.138. The molecule has 0 fully saturated rings. The van der Waals surface area contributed by atoms with Crippen LogP contribution >= 0.6 is 15.9 Å². The normalized spacial score (nSPS) is 16.2. The van der Waals surface area contributed by atoms with E-state index in [2.05, 4.69) is 20.9 Å². The number of alkyl halides is 1. The summed E-state index contributed by atoms with van der Waals surface area (Å²) in [5.74, 6) is -0.0580. The molecule has 98 valence electrons. The number of benzene rings is 1. The predicted octanol–water partition coefficient (Wildman–Crippen LogP) is 2.30. The lowest BCUT2D eigenvalue weighted by Crippen LogP contribution is -2.08. The van der Waals surface area contributed by atoms with Crippen molar-refractivity contribution in [1.82, 2.24) is 0 Å². The largest absolute Gasteiger partial charge is 0.426 e. The average Bonchev–Trinajstić information content (AvgIpc) is 2.70. The van der Waals surface area contributed by atoms with E-state index in [1.165, 1.54) is 0 Å². The Morgan fingerprint density at radius 2 is 2.11 bits per heavy atom. The number of esters is 2. The van der Waals surface area contributed by atoms with Gasteiger partial charge < -0.3 is 9.47 Å². The second-order valence-corrected chi connectivity index (χ2v) is 4.29. The summed E-state index contributed by atoms with van der Waals surface area (Å²) in [6.07, 6.45) is 1.61. The molecule has 5 nitrogen and oxygen atoms in total. The molecular formula is C13H10BrNO4. The summed E-state index contributed by atoms with van der Waals surface area (Å²) in [7, 11) is 0. The van der Waals surface area contributed by atoms with E-state index in [0.717, 1.165) is 5.56 Å². The lowest BCUT2D eigenvalue weighted by molar-refractivity contribution is -0.131. The van der Waals surface area contributed by atoms with Crippen LogP contribution < -0.4 is 4.74 Å². The van der Waals surface area contributed by atoms with E-state index in [1.807, 2.05) is 0 Å².